The number of piperazine rings is 1. The van der Waals surface area contributed by atoms with Gasteiger partial charge in [0.2, 0.25) is 10.0 Å². The Morgan fingerprint density at radius 3 is 2.45 bits per heavy atom. The summed E-state index contributed by atoms with van der Waals surface area (Å²) >= 11 is 6.40. The minimum Gasteiger partial charge on any atom is -0.487 e. The summed E-state index contributed by atoms with van der Waals surface area (Å²) in [4.78, 5) is 20.8. The maximum atomic E-state index is 13.4. The third kappa shape index (κ3) is 9.87. The van der Waals surface area contributed by atoms with Crippen LogP contribution in [0.2, 0.25) is 5.02 Å². The van der Waals surface area contributed by atoms with Crippen LogP contribution in [0.4, 0.5) is 5.69 Å². The zero-order valence-electron chi connectivity index (χ0n) is 31.3. The van der Waals surface area contributed by atoms with Crippen LogP contribution in [0.25, 0.3) is 0 Å². The number of carbonyl (C=O) groups excluding carboxylic acids is 1. The van der Waals surface area contributed by atoms with Crippen molar-refractivity contribution in [3.05, 3.63) is 70.3 Å². The smallest absolute Gasteiger partial charge is 0.264 e. The number of sulfonamides is 1. The molecule has 2 aromatic rings. The van der Waals surface area contributed by atoms with Crippen molar-refractivity contribution in [2.75, 3.05) is 63.9 Å². The second-order valence-electron chi connectivity index (χ2n) is 14.7. The summed E-state index contributed by atoms with van der Waals surface area (Å²) in [6.45, 7) is 18.4. The highest BCUT2D eigenvalue weighted by Crippen LogP contribution is 2.47. The largest absolute Gasteiger partial charge is 0.487 e. The van der Waals surface area contributed by atoms with E-state index in [0.29, 0.717) is 36.4 Å². The highest BCUT2D eigenvalue weighted by molar-refractivity contribution is 7.90. The molecular formula is C40H59ClN4O5S. The number of ether oxygens (including phenoxy) is 2. The first-order chi connectivity index (χ1) is 24.5. The fourth-order valence-electron chi connectivity index (χ4n) is 7.79. The Morgan fingerprint density at radius 2 is 1.78 bits per heavy atom. The molecule has 9 nitrogen and oxygen atoms in total. The molecule has 0 radical (unpaired) electrons. The van der Waals surface area contributed by atoms with Gasteiger partial charge >= 0.3 is 0 Å². The van der Waals surface area contributed by atoms with Gasteiger partial charge in [0.05, 0.1) is 10.9 Å². The van der Waals surface area contributed by atoms with Crippen molar-refractivity contribution in [3.8, 4) is 5.75 Å². The number of allylic oxidation sites excluding steroid dienone is 1. The number of fused-ring (bicyclic) bond motifs is 2. The standard InChI is InChI=1S/C40H59ClN4O5S/c1-6-9-19-40(50-8-3,29-44-23-21-43(7-2)22-24-44)36-17-14-33(36)27-45-20-11-10-12-31-25-35(41)16-13-34(31)28-49-38-18-15-32(26-37(38)45)39(46)42-51(47,48)30(4)5/h9,13,15-16,18-19,25-26,30,33,36H,6-8,10-12,14,17,20-24,27-29H2,1-5H3,(H,42,46)/b19-9+/t33-,36+,40+/m0/s1. The van der Waals surface area contributed by atoms with Gasteiger partial charge in [-0.3, -0.25) is 9.69 Å². The molecule has 0 spiro atoms. The molecule has 2 aromatic carbocycles. The van der Waals surface area contributed by atoms with Gasteiger partial charge in [0.15, 0.2) is 0 Å². The van der Waals surface area contributed by atoms with Crippen LogP contribution in [-0.2, 0) is 27.8 Å². The number of halogens is 1. The molecule has 51 heavy (non-hydrogen) atoms. The number of likely N-dealkylation sites (N-methyl/N-ethyl adjacent to an activating group) is 1. The van der Waals surface area contributed by atoms with Gasteiger partial charge in [-0.15, -0.1) is 0 Å². The molecule has 3 aliphatic rings. The number of nitrogens with zero attached hydrogens (tertiary/aromatic N) is 3. The Bertz CT molecular complexity index is 1610. The molecule has 282 valence electrons. The SMILES string of the molecule is CC/C=C/[C@](CN1CCN(CC)CC1)(OCC)[C@@H]1CC[C@H]1CN1CCCCc2cc(Cl)ccc2COc2ccc(C(=O)NS(=O)(=O)C(C)C)cc21. The molecule has 1 saturated heterocycles. The van der Waals surface area contributed by atoms with Crippen LogP contribution in [0.5, 0.6) is 5.75 Å². The van der Waals surface area contributed by atoms with Crippen molar-refractivity contribution in [2.24, 2.45) is 11.8 Å². The lowest BCUT2D eigenvalue weighted by molar-refractivity contribution is -0.112. The predicted octanol–water partition coefficient (Wildman–Crippen LogP) is 6.93. The number of carbonyl (C=O) groups is 1. The average Bonchev–Trinajstić information content (AvgIpc) is 3.12. The summed E-state index contributed by atoms with van der Waals surface area (Å²) in [7, 11) is -3.80. The Labute approximate surface area is 311 Å². The predicted molar refractivity (Wildman–Crippen MR) is 207 cm³/mol. The molecule has 1 amide bonds. The van der Waals surface area contributed by atoms with E-state index in [-0.39, 0.29) is 5.60 Å². The van der Waals surface area contributed by atoms with E-state index in [0.717, 1.165) is 107 Å². The second kappa shape index (κ2) is 17.9. The van der Waals surface area contributed by atoms with Crippen molar-refractivity contribution in [1.29, 1.82) is 0 Å². The Morgan fingerprint density at radius 1 is 1.02 bits per heavy atom. The van der Waals surface area contributed by atoms with Crippen LogP contribution in [0.1, 0.15) is 88.2 Å². The summed E-state index contributed by atoms with van der Waals surface area (Å²) in [6, 6.07) is 11.3. The fourth-order valence-corrected chi connectivity index (χ4v) is 8.60. The zero-order valence-corrected chi connectivity index (χ0v) is 32.9. The van der Waals surface area contributed by atoms with Gasteiger partial charge in [-0.05, 0) is 119 Å². The number of aryl methyl sites for hydroxylation is 1. The number of nitrogens with one attached hydrogen (secondary N) is 1. The summed E-state index contributed by atoms with van der Waals surface area (Å²) in [5.41, 5.74) is 3.00. The van der Waals surface area contributed by atoms with Crippen LogP contribution in [-0.4, -0.2) is 93.9 Å². The van der Waals surface area contributed by atoms with E-state index in [1.165, 1.54) is 5.56 Å². The fraction of sp³-hybridized carbons (Fsp3) is 0.625. The highest BCUT2D eigenvalue weighted by atomic mass is 35.5. The first-order valence-corrected chi connectivity index (χ1v) is 21.0. The summed E-state index contributed by atoms with van der Waals surface area (Å²) in [5.74, 6) is 0.738. The molecule has 3 atom stereocenters. The molecule has 11 heteroatoms. The number of hydrogen-bond acceptors (Lipinski definition) is 8. The quantitative estimate of drug-likeness (QED) is 0.221. The van der Waals surface area contributed by atoms with Crippen LogP contribution in [0.15, 0.2) is 48.6 Å². The molecule has 1 N–H and O–H groups in total. The van der Waals surface area contributed by atoms with E-state index in [1.807, 2.05) is 30.3 Å². The van der Waals surface area contributed by atoms with Crippen molar-refractivity contribution in [1.82, 2.24) is 14.5 Å². The number of benzene rings is 2. The van der Waals surface area contributed by atoms with Gasteiger partial charge in [-0.1, -0.05) is 43.7 Å². The lowest BCUT2D eigenvalue weighted by Gasteiger charge is -2.52. The Balaban J connectivity index is 1.47. The Kier molecular flexibility index (Phi) is 13.9. The molecule has 1 saturated carbocycles. The molecule has 2 aliphatic heterocycles. The first-order valence-electron chi connectivity index (χ1n) is 19.1. The second-order valence-corrected chi connectivity index (χ2v) is 17.3. The normalized spacial score (nSPS) is 22.0. The van der Waals surface area contributed by atoms with E-state index in [2.05, 4.69) is 52.3 Å². The molecule has 1 aliphatic carbocycles. The van der Waals surface area contributed by atoms with Crippen LogP contribution in [0, 0.1) is 11.8 Å². The molecule has 0 aromatic heterocycles. The summed E-state index contributed by atoms with van der Waals surface area (Å²) < 4.78 is 41.0. The first kappa shape index (κ1) is 39.6. The molecule has 0 bridgehead atoms. The molecule has 2 fully saturated rings. The monoisotopic (exact) mass is 742 g/mol. The zero-order chi connectivity index (χ0) is 36.6. The van der Waals surface area contributed by atoms with E-state index in [1.54, 1.807) is 19.9 Å². The van der Waals surface area contributed by atoms with E-state index < -0.39 is 21.2 Å². The van der Waals surface area contributed by atoms with Gasteiger partial charge in [0, 0.05) is 63.0 Å². The van der Waals surface area contributed by atoms with Gasteiger partial charge in [-0.2, -0.15) is 0 Å². The number of amides is 1. The lowest BCUT2D eigenvalue weighted by atomic mass is 9.63. The van der Waals surface area contributed by atoms with Crippen molar-refractivity contribution < 1.29 is 22.7 Å². The van der Waals surface area contributed by atoms with Crippen molar-refractivity contribution in [2.45, 2.75) is 90.6 Å². The van der Waals surface area contributed by atoms with Gasteiger partial charge in [-0.25, -0.2) is 13.1 Å². The maximum absolute atomic E-state index is 13.4. The molecule has 5 rings (SSSR count). The van der Waals surface area contributed by atoms with Crippen LogP contribution < -0.4 is 14.4 Å². The van der Waals surface area contributed by atoms with Crippen molar-refractivity contribution in [3.63, 3.8) is 0 Å². The maximum Gasteiger partial charge on any atom is 0.264 e. The van der Waals surface area contributed by atoms with Gasteiger partial charge in [0.1, 0.15) is 18.0 Å². The van der Waals surface area contributed by atoms with Gasteiger partial charge in [0.25, 0.3) is 5.91 Å². The number of rotatable bonds is 13. The lowest BCUT2D eigenvalue weighted by Crippen LogP contribution is -2.59. The minimum atomic E-state index is -3.80. The number of anilines is 1. The molecule has 2 heterocycles. The average molecular weight is 743 g/mol. The topological polar surface area (TPSA) is 91.4 Å². The highest BCUT2D eigenvalue weighted by Gasteiger charge is 2.48. The Hall–Kier alpha value is -2.63. The molecule has 0 unspecified atom stereocenters. The summed E-state index contributed by atoms with van der Waals surface area (Å²) in [6.07, 6.45) is 10.6. The summed E-state index contributed by atoms with van der Waals surface area (Å²) in [5, 5.41) is -0.00976. The van der Waals surface area contributed by atoms with E-state index in [9.17, 15) is 13.2 Å². The molecular weight excluding hydrogens is 684 g/mol. The van der Waals surface area contributed by atoms with E-state index >= 15 is 0 Å². The number of hydrogen-bond donors (Lipinski definition) is 1. The minimum absolute atomic E-state index is 0.291. The van der Waals surface area contributed by atoms with Gasteiger partial charge < -0.3 is 19.3 Å². The third-order valence-electron chi connectivity index (χ3n) is 11.0. The van der Waals surface area contributed by atoms with E-state index in [4.69, 9.17) is 21.1 Å². The van der Waals surface area contributed by atoms with Crippen molar-refractivity contribution >= 4 is 33.2 Å². The van der Waals surface area contributed by atoms with Crippen LogP contribution in [0.3, 0.4) is 0 Å². The third-order valence-corrected chi connectivity index (χ3v) is 13.0. The van der Waals surface area contributed by atoms with Crippen LogP contribution >= 0.6 is 11.6 Å².